The van der Waals surface area contributed by atoms with Crippen molar-refractivity contribution in [1.29, 1.82) is 0 Å². The quantitative estimate of drug-likeness (QED) is 0.783. The SMILES string of the molecule is CO[C@@H]1CN(C(=O)OC(C)(C)C)CC[C@H]1CNC(=O)c1cc(C)cc2c1OCCCO2. The third-order valence-electron chi connectivity index (χ3n) is 5.41. The molecule has 0 saturated carbocycles. The third-order valence-corrected chi connectivity index (χ3v) is 5.41. The minimum absolute atomic E-state index is 0.0909. The van der Waals surface area contributed by atoms with E-state index >= 15 is 0 Å². The van der Waals surface area contributed by atoms with Crippen molar-refractivity contribution >= 4 is 12.0 Å². The maximum absolute atomic E-state index is 13.0. The van der Waals surface area contributed by atoms with Gasteiger partial charge >= 0.3 is 6.09 Å². The Morgan fingerprint density at radius 2 is 1.97 bits per heavy atom. The average Bonchev–Trinajstić information content (AvgIpc) is 2.95. The van der Waals surface area contributed by atoms with Crippen LogP contribution < -0.4 is 14.8 Å². The van der Waals surface area contributed by atoms with Gasteiger partial charge in [0, 0.05) is 32.5 Å². The number of hydrogen-bond donors (Lipinski definition) is 1. The van der Waals surface area contributed by atoms with Crippen molar-refractivity contribution in [2.75, 3.05) is 40.0 Å². The van der Waals surface area contributed by atoms with Crippen LogP contribution in [-0.2, 0) is 9.47 Å². The Labute approximate surface area is 184 Å². The maximum atomic E-state index is 13.0. The first-order chi connectivity index (χ1) is 14.7. The Bertz CT molecular complexity index is 804. The highest BCUT2D eigenvalue weighted by Crippen LogP contribution is 2.35. The van der Waals surface area contributed by atoms with Gasteiger partial charge in [0.1, 0.15) is 5.60 Å². The Morgan fingerprint density at radius 3 is 2.68 bits per heavy atom. The van der Waals surface area contributed by atoms with Crippen LogP contribution in [0.2, 0.25) is 0 Å². The normalized spacial score (nSPS) is 21.3. The molecule has 1 N–H and O–H groups in total. The molecule has 2 aliphatic rings. The molecule has 2 atom stereocenters. The van der Waals surface area contributed by atoms with Gasteiger partial charge in [-0.05, 0) is 51.8 Å². The van der Waals surface area contributed by atoms with Crippen molar-refractivity contribution in [3.63, 3.8) is 0 Å². The third kappa shape index (κ3) is 6.03. The van der Waals surface area contributed by atoms with Crippen LogP contribution in [0.15, 0.2) is 12.1 Å². The van der Waals surface area contributed by atoms with Crippen LogP contribution in [0.3, 0.4) is 0 Å². The molecule has 0 bridgehead atoms. The molecule has 8 heteroatoms. The first-order valence-electron chi connectivity index (χ1n) is 10.9. The van der Waals surface area contributed by atoms with E-state index in [4.69, 9.17) is 18.9 Å². The Balaban J connectivity index is 1.62. The van der Waals surface area contributed by atoms with Crippen molar-refractivity contribution in [2.45, 2.75) is 52.2 Å². The molecule has 0 unspecified atom stereocenters. The van der Waals surface area contributed by atoms with Crippen LogP contribution in [0.1, 0.15) is 49.5 Å². The number of benzene rings is 1. The molecule has 2 heterocycles. The number of ether oxygens (including phenoxy) is 4. The number of fused-ring (bicyclic) bond motifs is 1. The van der Waals surface area contributed by atoms with Crippen molar-refractivity contribution < 1.29 is 28.5 Å². The molecule has 31 heavy (non-hydrogen) atoms. The van der Waals surface area contributed by atoms with Gasteiger partial charge in [-0.15, -0.1) is 0 Å². The van der Waals surface area contributed by atoms with E-state index in [0.29, 0.717) is 56.3 Å². The molecule has 1 aromatic carbocycles. The van der Waals surface area contributed by atoms with Gasteiger partial charge in [-0.25, -0.2) is 4.79 Å². The predicted octanol–water partition coefficient (Wildman–Crippen LogP) is 3.16. The molecule has 0 radical (unpaired) electrons. The molecular formula is C23H34N2O6. The molecule has 0 aliphatic carbocycles. The van der Waals surface area contributed by atoms with Crippen molar-refractivity contribution in [2.24, 2.45) is 5.92 Å². The summed E-state index contributed by atoms with van der Waals surface area (Å²) in [6.07, 6.45) is 0.969. The van der Waals surface area contributed by atoms with E-state index in [9.17, 15) is 9.59 Å². The van der Waals surface area contributed by atoms with Crippen LogP contribution in [0.5, 0.6) is 11.5 Å². The van der Waals surface area contributed by atoms with Crippen molar-refractivity contribution in [1.82, 2.24) is 10.2 Å². The Hall–Kier alpha value is -2.48. The molecule has 0 aromatic heterocycles. The largest absolute Gasteiger partial charge is 0.490 e. The fraction of sp³-hybridized carbons (Fsp3) is 0.652. The molecule has 3 rings (SSSR count). The van der Waals surface area contributed by atoms with E-state index in [1.54, 1.807) is 12.0 Å². The highest BCUT2D eigenvalue weighted by molar-refractivity contribution is 5.98. The number of methoxy groups -OCH3 is 1. The van der Waals surface area contributed by atoms with Gasteiger partial charge < -0.3 is 29.2 Å². The predicted molar refractivity (Wildman–Crippen MR) is 116 cm³/mol. The number of nitrogens with zero attached hydrogens (tertiary/aromatic N) is 1. The molecule has 2 aliphatic heterocycles. The number of nitrogens with one attached hydrogen (secondary N) is 1. The van der Waals surface area contributed by atoms with Crippen LogP contribution >= 0.6 is 0 Å². The lowest BCUT2D eigenvalue weighted by Crippen LogP contribution is -2.51. The molecule has 1 aromatic rings. The average molecular weight is 435 g/mol. The topological polar surface area (TPSA) is 86.3 Å². The zero-order valence-corrected chi connectivity index (χ0v) is 19.2. The number of carbonyl (C=O) groups excluding carboxylic acids is 2. The van der Waals surface area contributed by atoms with Crippen LogP contribution in [-0.4, -0.2) is 68.6 Å². The van der Waals surface area contributed by atoms with Gasteiger partial charge in [0.15, 0.2) is 11.5 Å². The van der Waals surface area contributed by atoms with Crippen LogP contribution in [0, 0.1) is 12.8 Å². The lowest BCUT2D eigenvalue weighted by atomic mass is 9.93. The van der Waals surface area contributed by atoms with Crippen LogP contribution in [0.4, 0.5) is 4.79 Å². The lowest BCUT2D eigenvalue weighted by Gasteiger charge is -2.38. The molecule has 172 valence electrons. The first kappa shape index (κ1) is 23.2. The van der Waals surface area contributed by atoms with E-state index in [2.05, 4.69) is 5.32 Å². The summed E-state index contributed by atoms with van der Waals surface area (Å²) in [6.45, 7) is 10.0. The standard InChI is InChI=1S/C23H34N2O6/c1-15-11-17(20-18(12-15)29-9-6-10-30-20)21(26)24-13-16-7-8-25(14-19(16)28-5)22(27)31-23(2,3)4/h11-12,16,19H,6-10,13-14H2,1-5H3,(H,24,26)/t16-,19+/m0/s1. The second-order valence-corrected chi connectivity index (χ2v) is 9.15. The van der Waals surface area contributed by atoms with Gasteiger partial charge in [-0.3, -0.25) is 4.79 Å². The molecule has 1 saturated heterocycles. The molecule has 8 nitrogen and oxygen atoms in total. The first-order valence-corrected chi connectivity index (χ1v) is 10.9. The summed E-state index contributed by atoms with van der Waals surface area (Å²) in [5.41, 5.74) is 0.883. The van der Waals surface area contributed by atoms with E-state index in [1.807, 2.05) is 39.8 Å². The van der Waals surface area contributed by atoms with Gasteiger partial charge in [0.05, 0.1) is 31.4 Å². The highest BCUT2D eigenvalue weighted by Gasteiger charge is 2.34. The summed E-state index contributed by atoms with van der Waals surface area (Å²) in [7, 11) is 1.63. The Morgan fingerprint density at radius 1 is 1.23 bits per heavy atom. The number of likely N-dealkylation sites (tertiary alicyclic amines) is 1. The summed E-state index contributed by atoms with van der Waals surface area (Å²) in [5, 5.41) is 3.02. The lowest BCUT2D eigenvalue weighted by molar-refractivity contribution is -0.0280. The maximum Gasteiger partial charge on any atom is 0.410 e. The summed E-state index contributed by atoms with van der Waals surface area (Å²) >= 11 is 0. The smallest absolute Gasteiger partial charge is 0.410 e. The van der Waals surface area contributed by atoms with Gasteiger partial charge in [0.25, 0.3) is 5.91 Å². The molecule has 2 amide bonds. The summed E-state index contributed by atoms with van der Waals surface area (Å²) in [5.74, 6) is 1.01. The second-order valence-electron chi connectivity index (χ2n) is 9.15. The summed E-state index contributed by atoms with van der Waals surface area (Å²) in [6, 6.07) is 3.71. The molecule has 1 fully saturated rings. The fourth-order valence-corrected chi connectivity index (χ4v) is 3.86. The number of amides is 2. The van der Waals surface area contributed by atoms with E-state index < -0.39 is 5.60 Å². The minimum atomic E-state index is -0.540. The number of carbonyl (C=O) groups is 2. The zero-order valence-electron chi connectivity index (χ0n) is 19.2. The van der Waals surface area contributed by atoms with Gasteiger partial charge in [-0.1, -0.05) is 0 Å². The zero-order chi connectivity index (χ0) is 22.6. The molecular weight excluding hydrogens is 400 g/mol. The molecule has 0 spiro atoms. The number of hydrogen-bond acceptors (Lipinski definition) is 6. The van der Waals surface area contributed by atoms with E-state index in [-0.39, 0.29) is 24.0 Å². The van der Waals surface area contributed by atoms with Crippen LogP contribution in [0.25, 0.3) is 0 Å². The number of piperidine rings is 1. The van der Waals surface area contributed by atoms with Gasteiger partial charge in [0.2, 0.25) is 0 Å². The number of rotatable bonds is 4. The summed E-state index contributed by atoms with van der Waals surface area (Å²) < 4.78 is 22.6. The monoisotopic (exact) mass is 434 g/mol. The number of aryl methyl sites for hydroxylation is 1. The Kier molecular flexibility index (Phi) is 7.30. The fourth-order valence-electron chi connectivity index (χ4n) is 3.86. The highest BCUT2D eigenvalue weighted by atomic mass is 16.6. The summed E-state index contributed by atoms with van der Waals surface area (Å²) in [4.78, 5) is 27.0. The minimum Gasteiger partial charge on any atom is -0.490 e. The van der Waals surface area contributed by atoms with E-state index in [1.165, 1.54) is 0 Å². The van der Waals surface area contributed by atoms with Gasteiger partial charge in [-0.2, -0.15) is 0 Å². The second kappa shape index (κ2) is 9.77. The van der Waals surface area contributed by atoms with Crippen molar-refractivity contribution in [3.05, 3.63) is 23.3 Å². The van der Waals surface area contributed by atoms with E-state index in [0.717, 1.165) is 12.0 Å². The van der Waals surface area contributed by atoms with Crippen molar-refractivity contribution in [3.8, 4) is 11.5 Å².